The van der Waals surface area contributed by atoms with Gasteiger partial charge in [0.2, 0.25) is 11.8 Å². The molecule has 1 aliphatic carbocycles. The first-order valence-electron chi connectivity index (χ1n) is 6.69. The number of amides is 1. The van der Waals surface area contributed by atoms with Gasteiger partial charge in [-0.05, 0) is 0 Å². The zero-order valence-corrected chi connectivity index (χ0v) is 11.0. The standard InChI is InChI=1S/C13H19F2NO3/c1-18-7-12-6-16(4-10(12)5-19-8-12)11(17)9-2-13(14,15)3-9/h9-10H,2-8H2,1H3/t10-,12-/m1/s1. The molecule has 0 unspecified atom stereocenters. The number of fused-ring (bicyclic) bond motifs is 1. The van der Waals surface area contributed by atoms with Crippen molar-refractivity contribution in [3.05, 3.63) is 0 Å². The van der Waals surface area contributed by atoms with Crippen LogP contribution in [0.2, 0.25) is 0 Å². The Bertz CT molecular complexity index is 382. The summed E-state index contributed by atoms with van der Waals surface area (Å²) in [5.41, 5.74) is -0.128. The minimum Gasteiger partial charge on any atom is -0.384 e. The highest BCUT2D eigenvalue weighted by molar-refractivity contribution is 5.80. The fourth-order valence-electron chi connectivity index (χ4n) is 3.59. The zero-order valence-electron chi connectivity index (χ0n) is 11.0. The number of carbonyl (C=O) groups is 1. The van der Waals surface area contributed by atoms with Crippen LogP contribution in [-0.2, 0) is 14.3 Å². The molecule has 1 saturated carbocycles. The topological polar surface area (TPSA) is 38.8 Å². The van der Waals surface area contributed by atoms with E-state index in [1.807, 2.05) is 0 Å². The first kappa shape index (κ1) is 13.2. The molecule has 2 aliphatic heterocycles. The van der Waals surface area contributed by atoms with Crippen molar-refractivity contribution in [1.29, 1.82) is 0 Å². The molecular formula is C13H19F2NO3. The molecule has 1 amide bonds. The number of hydrogen-bond donors (Lipinski definition) is 0. The Morgan fingerprint density at radius 3 is 2.84 bits per heavy atom. The number of ether oxygens (including phenoxy) is 2. The summed E-state index contributed by atoms with van der Waals surface area (Å²) in [6.07, 6.45) is -0.582. The van der Waals surface area contributed by atoms with Gasteiger partial charge in [0.1, 0.15) is 0 Å². The van der Waals surface area contributed by atoms with Crippen LogP contribution in [0.3, 0.4) is 0 Å². The predicted molar refractivity (Wildman–Crippen MR) is 62.9 cm³/mol. The van der Waals surface area contributed by atoms with Gasteiger partial charge in [-0.3, -0.25) is 4.79 Å². The molecule has 0 aromatic heterocycles. The molecule has 0 bridgehead atoms. The molecule has 2 saturated heterocycles. The molecule has 0 aromatic carbocycles. The minimum atomic E-state index is -2.64. The smallest absolute Gasteiger partial charge is 0.249 e. The van der Waals surface area contributed by atoms with E-state index >= 15 is 0 Å². The number of rotatable bonds is 3. The summed E-state index contributed by atoms with van der Waals surface area (Å²) in [7, 11) is 1.64. The van der Waals surface area contributed by atoms with Gasteiger partial charge in [-0.1, -0.05) is 0 Å². The van der Waals surface area contributed by atoms with Crippen LogP contribution in [0.25, 0.3) is 0 Å². The maximum atomic E-state index is 12.9. The van der Waals surface area contributed by atoms with E-state index in [2.05, 4.69) is 0 Å². The molecule has 6 heteroatoms. The maximum Gasteiger partial charge on any atom is 0.249 e. The van der Waals surface area contributed by atoms with Crippen molar-refractivity contribution in [2.75, 3.05) is 40.0 Å². The first-order valence-corrected chi connectivity index (χ1v) is 6.69. The fraction of sp³-hybridized carbons (Fsp3) is 0.923. The lowest BCUT2D eigenvalue weighted by molar-refractivity contribution is -0.159. The number of carbonyl (C=O) groups excluding carboxylic acids is 1. The third-order valence-corrected chi connectivity index (χ3v) is 4.70. The van der Waals surface area contributed by atoms with E-state index in [-0.39, 0.29) is 30.1 Å². The van der Waals surface area contributed by atoms with Crippen molar-refractivity contribution in [2.24, 2.45) is 17.3 Å². The van der Waals surface area contributed by atoms with Gasteiger partial charge in [0.25, 0.3) is 0 Å². The van der Waals surface area contributed by atoms with E-state index in [0.29, 0.717) is 32.9 Å². The van der Waals surface area contributed by atoms with Crippen LogP contribution in [0.4, 0.5) is 8.78 Å². The Kier molecular flexibility index (Phi) is 3.05. The average molecular weight is 275 g/mol. The molecule has 19 heavy (non-hydrogen) atoms. The van der Waals surface area contributed by atoms with E-state index in [1.165, 1.54) is 0 Å². The molecule has 0 spiro atoms. The van der Waals surface area contributed by atoms with Crippen LogP contribution < -0.4 is 0 Å². The summed E-state index contributed by atoms with van der Waals surface area (Å²) in [5.74, 6) is -2.97. The van der Waals surface area contributed by atoms with E-state index in [9.17, 15) is 13.6 Å². The Morgan fingerprint density at radius 1 is 1.47 bits per heavy atom. The summed E-state index contributed by atoms with van der Waals surface area (Å²) < 4.78 is 36.4. The molecule has 0 N–H and O–H groups in total. The zero-order chi connectivity index (χ0) is 13.7. The molecule has 2 atom stereocenters. The summed E-state index contributed by atoms with van der Waals surface area (Å²) in [5, 5.41) is 0. The van der Waals surface area contributed by atoms with Crippen molar-refractivity contribution in [1.82, 2.24) is 4.90 Å². The third-order valence-electron chi connectivity index (χ3n) is 4.70. The second-order valence-corrected chi connectivity index (χ2v) is 6.19. The van der Waals surface area contributed by atoms with Crippen LogP contribution in [0.1, 0.15) is 12.8 Å². The van der Waals surface area contributed by atoms with Crippen LogP contribution in [0, 0.1) is 17.3 Å². The number of nitrogens with zero attached hydrogens (tertiary/aromatic N) is 1. The molecule has 3 aliphatic rings. The van der Waals surface area contributed by atoms with Crippen LogP contribution >= 0.6 is 0 Å². The Balaban J connectivity index is 1.64. The molecule has 3 fully saturated rings. The number of alkyl halides is 2. The summed E-state index contributed by atoms with van der Waals surface area (Å²) in [6, 6.07) is 0. The van der Waals surface area contributed by atoms with Gasteiger partial charge in [-0.2, -0.15) is 0 Å². The van der Waals surface area contributed by atoms with Gasteiger partial charge in [-0.25, -0.2) is 8.78 Å². The molecule has 4 nitrogen and oxygen atoms in total. The fourth-order valence-corrected chi connectivity index (χ4v) is 3.59. The minimum absolute atomic E-state index is 0.115. The first-order chi connectivity index (χ1) is 8.96. The van der Waals surface area contributed by atoms with Crippen molar-refractivity contribution in [3.63, 3.8) is 0 Å². The number of hydrogen-bond acceptors (Lipinski definition) is 3. The van der Waals surface area contributed by atoms with Crippen LogP contribution in [-0.4, -0.2) is 56.7 Å². The normalized spacial score (nSPS) is 37.2. The molecular weight excluding hydrogens is 256 g/mol. The Labute approximate surface area is 111 Å². The summed E-state index contributed by atoms with van der Waals surface area (Å²) >= 11 is 0. The highest BCUT2D eigenvalue weighted by Crippen LogP contribution is 2.46. The Hall–Kier alpha value is -0.750. The summed E-state index contributed by atoms with van der Waals surface area (Å²) in [6.45, 7) is 2.98. The molecule has 108 valence electrons. The molecule has 0 radical (unpaired) electrons. The van der Waals surface area contributed by atoms with Crippen molar-refractivity contribution < 1.29 is 23.0 Å². The van der Waals surface area contributed by atoms with Gasteiger partial charge in [-0.15, -0.1) is 0 Å². The van der Waals surface area contributed by atoms with Gasteiger partial charge >= 0.3 is 0 Å². The van der Waals surface area contributed by atoms with Crippen molar-refractivity contribution >= 4 is 5.91 Å². The second kappa shape index (κ2) is 4.38. The number of methoxy groups -OCH3 is 1. The molecule has 2 heterocycles. The van der Waals surface area contributed by atoms with E-state index in [1.54, 1.807) is 12.0 Å². The van der Waals surface area contributed by atoms with Crippen LogP contribution in [0.15, 0.2) is 0 Å². The van der Waals surface area contributed by atoms with E-state index in [4.69, 9.17) is 9.47 Å². The van der Waals surface area contributed by atoms with Crippen molar-refractivity contribution in [2.45, 2.75) is 18.8 Å². The molecule has 0 aromatic rings. The number of halogens is 2. The quantitative estimate of drug-likeness (QED) is 0.775. The third kappa shape index (κ3) is 2.14. The second-order valence-electron chi connectivity index (χ2n) is 6.19. The maximum absolute atomic E-state index is 12.9. The summed E-state index contributed by atoms with van der Waals surface area (Å²) in [4.78, 5) is 13.9. The molecule has 3 rings (SSSR count). The highest BCUT2D eigenvalue weighted by atomic mass is 19.3. The lowest BCUT2D eigenvalue weighted by Crippen LogP contribution is -2.47. The van der Waals surface area contributed by atoms with E-state index in [0.717, 1.165) is 0 Å². The van der Waals surface area contributed by atoms with Gasteiger partial charge < -0.3 is 14.4 Å². The predicted octanol–water partition coefficient (Wildman–Crippen LogP) is 1.15. The van der Waals surface area contributed by atoms with Gasteiger partial charge in [0.05, 0.1) is 19.8 Å². The average Bonchev–Trinajstić information content (AvgIpc) is 2.81. The van der Waals surface area contributed by atoms with E-state index < -0.39 is 11.8 Å². The van der Waals surface area contributed by atoms with Gasteiger partial charge in [0.15, 0.2) is 0 Å². The monoisotopic (exact) mass is 275 g/mol. The van der Waals surface area contributed by atoms with Crippen LogP contribution in [0.5, 0.6) is 0 Å². The highest BCUT2D eigenvalue weighted by Gasteiger charge is 2.55. The lowest BCUT2D eigenvalue weighted by atomic mass is 9.80. The van der Waals surface area contributed by atoms with Crippen molar-refractivity contribution in [3.8, 4) is 0 Å². The largest absolute Gasteiger partial charge is 0.384 e. The lowest BCUT2D eigenvalue weighted by Gasteiger charge is -2.36. The van der Waals surface area contributed by atoms with Gasteiger partial charge in [0, 0.05) is 50.3 Å². The number of likely N-dealkylation sites (tertiary alicyclic amines) is 1. The Morgan fingerprint density at radius 2 is 2.21 bits per heavy atom. The SMILES string of the molecule is COC[C@]12COC[C@H]1CN(C(=O)C1CC(F)(F)C1)C2.